The number of benzene rings is 3. The van der Waals surface area contributed by atoms with Crippen molar-refractivity contribution in [1.82, 2.24) is 10.2 Å². The highest BCUT2D eigenvalue weighted by Crippen LogP contribution is 2.33. The third kappa shape index (κ3) is 8.06. The lowest BCUT2D eigenvalue weighted by Crippen LogP contribution is -2.53. The topological polar surface area (TPSA) is 96.0 Å². The highest BCUT2D eigenvalue weighted by Gasteiger charge is 2.35. The van der Waals surface area contributed by atoms with Gasteiger partial charge in [-0.1, -0.05) is 55.6 Å². The molecule has 230 valence electrons. The molecule has 43 heavy (non-hydrogen) atoms. The van der Waals surface area contributed by atoms with Crippen LogP contribution in [-0.2, 0) is 26.2 Å². The van der Waals surface area contributed by atoms with Crippen molar-refractivity contribution in [3.05, 3.63) is 89.2 Å². The van der Waals surface area contributed by atoms with E-state index in [1.165, 1.54) is 41.3 Å². The third-order valence-electron chi connectivity index (χ3n) is 7.47. The van der Waals surface area contributed by atoms with Gasteiger partial charge < -0.3 is 15.0 Å². The molecule has 4 rings (SSSR count). The van der Waals surface area contributed by atoms with E-state index >= 15 is 0 Å². The van der Waals surface area contributed by atoms with Crippen LogP contribution in [-0.4, -0.2) is 50.4 Å². The van der Waals surface area contributed by atoms with Gasteiger partial charge in [0.2, 0.25) is 11.8 Å². The maximum Gasteiger partial charge on any atom is 0.264 e. The number of anilines is 1. The number of amides is 2. The monoisotopic (exact) mass is 629 g/mol. The summed E-state index contributed by atoms with van der Waals surface area (Å²) in [6.07, 6.45) is 4.09. The first kappa shape index (κ1) is 32.3. The summed E-state index contributed by atoms with van der Waals surface area (Å²) in [6, 6.07) is 17.1. The van der Waals surface area contributed by atoms with E-state index in [4.69, 9.17) is 16.3 Å². The molecule has 0 spiro atoms. The first-order valence-corrected chi connectivity index (χ1v) is 16.3. The van der Waals surface area contributed by atoms with Gasteiger partial charge in [-0.25, -0.2) is 12.8 Å². The molecule has 0 radical (unpaired) electrons. The van der Waals surface area contributed by atoms with Crippen LogP contribution in [0.2, 0.25) is 5.02 Å². The summed E-state index contributed by atoms with van der Waals surface area (Å²) in [5, 5.41) is 3.44. The van der Waals surface area contributed by atoms with E-state index in [1.807, 2.05) is 0 Å². The highest BCUT2D eigenvalue weighted by molar-refractivity contribution is 7.92. The van der Waals surface area contributed by atoms with Crippen LogP contribution in [0.5, 0.6) is 5.75 Å². The Hall–Kier alpha value is -3.63. The molecular formula is C32H37ClFN3O5S. The SMILES string of the molecule is CCOc1ccccc1N(CC(=O)N(Cc1ccc(F)cc1)[C@@H](CC)C(=O)NC1CCCC1)S(=O)(=O)c1ccc(Cl)cc1. The molecule has 1 saturated carbocycles. The number of rotatable bonds is 13. The number of sulfonamides is 1. The molecule has 0 unspecified atom stereocenters. The van der Waals surface area contributed by atoms with Crippen LogP contribution in [0, 0.1) is 5.82 Å². The van der Waals surface area contributed by atoms with Crippen LogP contribution in [0.15, 0.2) is 77.7 Å². The van der Waals surface area contributed by atoms with E-state index in [1.54, 1.807) is 50.2 Å². The second-order valence-electron chi connectivity index (χ2n) is 10.4. The van der Waals surface area contributed by atoms with E-state index in [0.717, 1.165) is 30.0 Å². The normalized spacial score (nSPS) is 14.2. The Morgan fingerprint density at radius 2 is 1.65 bits per heavy atom. The van der Waals surface area contributed by atoms with Gasteiger partial charge in [0.25, 0.3) is 10.0 Å². The van der Waals surface area contributed by atoms with Crippen LogP contribution in [0.1, 0.15) is 51.5 Å². The number of hydrogen-bond acceptors (Lipinski definition) is 5. The first-order valence-electron chi connectivity index (χ1n) is 14.5. The largest absolute Gasteiger partial charge is 0.492 e. The molecule has 1 fully saturated rings. The zero-order valence-corrected chi connectivity index (χ0v) is 25.9. The van der Waals surface area contributed by atoms with Gasteiger partial charge in [0.1, 0.15) is 24.2 Å². The molecule has 3 aromatic carbocycles. The summed E-state index contributed by atoms with van der Waals surface area (Å²) in [4.78, 5) is 29.1. The maximum atomic E-state index is 14.2. The lowest BCUT2D eigenvalue weighted by molar-refractivity contribution is -0.140. The molecule has 0 saturated heterocycles. The minimum absolute atomic E-state index is 0.0162. The zero-order chi connectivity index (χ0) is 31.0. The maximum absolute atomic E-state index is 14.2. The zero-order valence-electron chi connectivity index (χ0n) is 24.3. The second kappa shape index (κ2) is 14.7. The number of ether oxygens (including phenoxy) is 1. The summed E-state index contributed by atoms with van der Waals surface area (Å²) in [6.45, 7) is 3.23. The lowest BCUT2D eigenvalue weighted by Gasteiger charge is -2.34. The highest BCUT2D eigenvalue weighted by atomic mass is 35.5. The Morgan fingerprint density at radius 1 is 1.00 bits per heavy atom. The molecule has 8 nitrogen and oxygen atoms in total. The minimum Gasteiger partial charge on any atom is -0.492 e. The first-order chi connectivity index (χ1) is 20.6. The van der Waals surface area contributed by atoms with Crippen LogP contribution < -0.4 is 14.4 Å². The van der Waals surface area contributed by atoms with E-state index in [0.29, 0.717) is 17.0 Å². The van der Waals surface area contributed by atoms with Crippen molar-refractivity contribution < 1.29 is 27.1 Å². The fourth-order valence-corrected chi connectivity index (χ4v) is 6.81. The van der Waals surface area contributed by atoms with Gasteiger partial charge in [-0.05, 0) is 80.3 Å². The summed E-state index contributed by atoms with van der Waals surface area (Å²) < 4.78 is 48.6. The molecule has 1 atom stereocenters. The van der Waals surface area contributed by atoms with Crippen LogP contribution in [0.3, 0.4) is 0 Å². The number of para-hydroxylation sites is 2. The molecule has 1 N–H and O–H groups in total. The van der Waals surface area contributed by atoms with Crippen molar-refractivity contribution in [3.63, 3.8) is 0 Å². The number of nitrogens with one attached hydrogen (secondary N) is 1. The Kier molecular flexibility index (Phi) is 11.0. The van der Waals surface area contributed by atoms with Crippen LogP contribution in [0.25, 0.3) is 0 Å². The van der Waals surface area contributed by atoms with E-state index in [9.17, 15) is 22.4 Å². The van der Waals surface area contributed by atoms with Crippen molar-refractivity contribution in [1.29, 1.82) is 0 Å². The Morgan fingerprint density at radius 3 is 2.28 bits per heavy atom. The summed E-state index contributed by atoms with van der Waals surface area (Å²) in [5.74, 6) is -1.04. The number of nitrogens with zero attached hydrogens (tertiary/aromatic N) is 2. The molecule has 0 aliphatic heterocycles. The standard InChI is InChI=1S/C32H37ClFN3O5S/c1-3-28(32(39)35-26-9-5-6-10-26)36(21-23-13-17-25(34)18-14-23)31(38)22-37(29-11-7-8-12-30(29)42-4-2)43(40,41)27-19-15-24(33)16-20-27/h7-8,11-20,26,28H,3-6,9-10,21-22H2,1-2H3,(H,35,39)/t28-/m0/s1. The fraction of sp³-hybridized carbons (Fsp3) is 0.375. The number of carbonyl (C=O) groups is 2. The molecule has 3 aromatic rings. The van der Waals surface area contributed by atoms with Crippen LogP contribution in [0.4, 0.5) is 10.1 Å². The van der Waals surface area contributed by atoms with Crippen molar-refractivity contribution in [3.8, 4) is 5.75 Å². The van der Waals surface area contributed by atoms with Gasteiger partial charge in [0.05, 0.1) is 17.2 Å². The molecule has 11 heteroatoms. The van der Waals surface area contributed by atoms with Gasteiger partial charge in [0.15, 0.2) is 0 Å². The van der Waals surface area contributed by atoms with Crippen molar-refractivity contribution in [2.24, 2.45) is 0 Å². The molecule has 1 aliphatic rings. The third-order valence-corrected chi connectivity index (χ3v) is 9.49. The Balaban J connectivity index is 1.75. The Bertz CT molecular complexity index is 1500. The number of hydrogen-bond donors (Lipinski definition) is 1. The summed E-state index contributed by atoms with van der Waals surface area (Å²) in [5.41, 5.74) is 0.779. The van der Waals surface area contributed by atoms with E-state index in [2.05, 4.69) is 5.32 Å². The predicted molar refractivity (Wildman–Crippen MR) is 165 cm³/mol. The number of halogens is 2. The fourth-order valence-electron chi connectivity index (χ4n) is 5.26. The number of carbonyl (C=O) groups excluding carboxylic acids is 2. The van der Waals surface area contributed by atoms with Crippen molar-refractivity contribution in [2.45, 2.75) is 69.5 Å². The van der Waals surface area contributed by atoms with Crippen LogP contribution >= 0.6 is 11.6 Å². The quantitative estimate of drug-likeness (QED) is 0.253. The Labute approximate surface area is 257 Å². The van der Waals surface area contributed by atoms with Gasteiger partial charge in [-0.3, -0.25) is 13.9 Å². The van der Waals surface area contributed by atoms with Gasteiger partial charge >= 0.3 is 0 Å². The minimum atomic E-state index is -4.29. The second-order valence-corrected chi connectivity index (χ2v) is 12.7. The molecule has 2 amide bonds. The van der Waals surface area contributed by atoms with Gasteiger partial charge in [-0.15, -0.1) is 0 Å². The molecule has 1 aliphatic carbocycles. The summed E-state index contributed by atoms with van der Waals surface area (Å²) in [7, 11) is -4.29. The average molecular weight is 630 g/mol. The predicted octanol–water partition coefficient (Wildman–Crippen LogP) is 5.94. The van der Waals surface area contributed by atoms with E-state index < -0.39 is 34.3 Å². The average Bonchev–Trinajstić information content (AvgIpc) is 3.50. The lowest BCUT2D eigenvalue weighted by atomic mass is 10.1. The van der Waals surface area contributed by atoms with Crippen molar-refractivity contribution >= 4 is 39.1 Å². The molecule has 0 heterocycles. The van der Waals surface area contributed by atoms with Gasteiger partial charge in [0, 0.05) is 17.6 Å². The van der Waals surface area contributed by atoms with Gasteiger partial charge in [-0.2, -0.15) is 0 Å². The smallest absolute Gasteiger partial charge is 0.264 e. The van der Waals surface area contributed by atoms with Crippen molar-refractivity contribution in [2.75, 3.05) is 17.5 Å². The molecule has 0 aromatic heterocycles. The summed E-state index contributed by atoms with van der Waals surface area (Å²) >= 11 is 6.03. The molecule has 0 bridgehead atoms. The van der Waals surface area contributed by atoms with E-state index in [-0.39, 0.29) is 41.4 Å². The molecular weight excluding hydrogens is 593 g/mol.